The Bertz CT molecular complexity index is 1170. The van der Waals surface area contributed by atoms with Gasteiger partial charge < -0.3 is 9.64 Å². The molecule has 4 rings (SSSR count). The van der Waals surface area contributed by atoms with Crippen molar-refractivity contribution in [3.8, 4) is 5.75 Å². The van der Waals surface area contributed by atoms with Crippen LogP contribution in [0.1, 0.15) is 22.3 Å². The summed E-state index contributed by atoms with van der Waals surface area (Å²) >= 11 is 0. The zero-order chi connectivity index (χ0) is 26.8. The molecule has 3 nitrogen and oxygen atoms in total. The van der Waals surface area contributed by atoms with Gasteiger partial charge in [0.15, 0.2) is 0 Å². The zero-order valence-electron chi connectivity index (χ0n) is 20.2. The maximum atomic E-state index is 13.5. The normalized spacial score (nSPS) is 16.9. The van der Waals surface area contributed by atoms with E-state index in [0.29, 0.717) is 31.7 Å². The van der Waals surface area contributed by atoms with Gasteiger partial charge in [-0.1, -0.05) is 42.5 Å². The van der Waals surface area contributed by atoms with Gasteiger partial charge in [0.2, 0.25) is 0 Å². The van der Waals surface area contributed by atoms with Crippen molar-refractivity contribution in [1.82, 2.24) is 4.90 Å². The fraction of sp³-hybridized carbons (Fsp3) is 0.321. The van der Waals surface area contributed by atoms with Gasteiger partial charge >= 0.3 is 12.4 Å². The third-order valence-corrected chi connectivity index (χ3v) is 6.77. The molecule has 1 aliphatic rings. The lowest BCUT2D eigenvalue weighted by Crippen LogP contribution is -2.55. The molecule has 1 unspecified atom stereocenters. The highest BCUT2D eigenvalue weighted by molar-refractivity contribution is 5.58. The smallest absolute Gasteiger partial charge is 0.416 e. The van der Waals surface area contributed by atoms with Crippen LogP contribution in [-0.2, 0) is 24.3 Å². The van der Waals surface area contributed by atoms with Gasteiger partial charge in [0.05, 0.1) is 29.5 Å². The molecule has 37 heavy (non-hydrogen) atoms. The Labute approximate surface area is 212 Å². The number of piperazine rings is 1. The second kappa shape index (κ2) is 10.3. The first-order chi connectivity index (χ1) is 17.4. The van der Waals surface area contributed by atoms with Gasteiger partial charge in [0.1, 0.15) is 5.75 Å². The van der Waals surface area contributed by atoms with Gasteiger partial charge in [-0.3, -0.25) is 4.90 Å². The number of rotatable bonds is 6. The lowest BCUT2D eigenvalue weighted by molar-refractivity contribution is -0.143. The average molecular weight is 522 g/mol. The van der Waals surface area contributed by atoms with Crippen LogP contribution in [-0.4, -0.2) is 38.2 Å². The van der Waals surface area contributed by atoms with Crippen molar-refractivity contribution in [2.24, 2.45) is 0 Å². The molecule has 0 aromatic heterocycles. The van der Waals surface area contributed by atoms with E-state index in [1.165, 1.54) is 0 Å². The van der Waals surface area contributed by atoms with Crippen molar-refractivity contribution < 1.29 is 31.1 Å². The minimum Gasteiger partial charge on any atom is -0.495 e. The number of alkyl halides is 6. The molecule has 1 atom stereocenters. The van der Waals surface area contributed by atoms with Crippen LogP contribution in [0.5, 0.6) is 5.75 Å². The highest BCUT2D eigenvalue weighted by Crippen LogP contribution is 2.40. The van der Waals surface area contributed by atoms with Crippen molar-refractivity contribution in [2.75, 3.05) is 38.2 Å². The van der Waals surface area contributed by atoms with E-state index in [1.54, 1.807) is 37.4 Å². The van der Waals surface area contributed by atoms with E-state index in [0.717, 1.165) is 23.6 Å². The van der Waals surface area contributed by atoms with Gasteiger partial charge in [0, 0.05) is 26.2 Å². The topological polar surface area (TPSA) is 15.7 Å². The summed E-state index contributed by atoms with van der Waals surface area (Å²) in [7, 11) is 1.59. The number of halogens is 6. The van der Waals surface area contributed by atoms with Crippen molar-refractivity contribution in [3.05, 3.63) is 102 Å². The molecule has 3 aromatic carbocycles. The fourth-order valence-electron chi connectivity index (χ4n) is 4.87. The summed E-state index contributed by atoms with van der Waals surface area (Å²) in [5.41, 5.74) is -2.17. The molecule has 1 aliphatic heterocycles. The maximum Gasteiger partial charge on any atom is 0.416 e. The molecule has 1 fully saturated rings. The molecule has 1 heterocycles. The van der Waals surface area contributed by atoms with Gasteiger partial charge in [-0.15, -0.1) is 0 Å². The van der Waals surface area contributed by atoms with E-state index in [9.17, 15) is 26.3 Å². The van der Waals surface area contributed by atoms with E-state index in [2.05, 4.69) is 11.8 Å². The van der Waals surface area contributed by atoms with Crippen molar-refractivity contribution in [3.63, 3.8) is 0 Å². The molecule has 0 saturated carbocycles. The molecule has 0 N–H and O–H groups in total. The summed E-state index contributed by atoms with van der Waals surface area (Å²) in [5.74, 6) is 0.726. The van der Waals surface area contributed by atoms with Crippen LogP contribution in [0.4, 0.5) is 32.0 Å². The summed E-state index contributed by atoms with van der Waals surface area (Å²) in [4.78, 5) is 4.18. The van der Waals surface area contributed by atoms with Crippen LogP contribution in [0.2, 0.25) is 0 Å². The van der Waals surface area contributed by atoms with Gasteiger partial charge in [-0.25, -0.2) is 0 Å². The number of ether oxygens (including phenoxy) is 1. The first-order valence-corrected chi connectivity index (χ1v) is 11.7. The van der Waals surface area contributed by atoms with Gasteiger partial charge in [0.25, 0.3) is 0 Å². The monoisotopic (exact) mass is 521 g/mol. The summed E-state index contributed by atoms with van der Waals surface area (Å²) in [6, 6.07) is 18.3. The van der Waals surface area contributed by atoms with Crippen LogP contribution in [0.25, 0.3) is 0 Å². The first-order valence-electron chi connectivity index (χ1n) is 11.7. The van der Waals surface area contributed by atoms with Crippen LogP contribution < -0.4 is 9.64 Å². The van der Waals surface area contributed by atoms with E-state index in [-0.39, 0.29) is 18.1 Å². The standard InChI is InChI=1S/C28H27F6N2O/c1-26(21-8-4-3-5-9-21,19-20-16-22(27(29,30)31)18-23(17-20)28(32,33)34)36-14-12-35(13-15-36)24-10-6-7-11-25(24)37-2/h3-11,16-18H,1,12-15,19H2,2H3. The molecule has 0 spiro atoms. The molecule has 0 aliphatic carbocycles. The number of hydrogen-bond donors (Lipinski definition) is 0. The lowest BCUT2D eigenvalue weighted by Gasteiger charge is -2.47. The largest absolute Gasteiger partial charge is 0.495 e. The van der Waals surface area contributed by atoms with E-state index < -0.39 is 29.0 Å². The molecule has 0 amide bonds. The molecule has 1 saturated heterocycles. The Kier molecular flexibility index (Phi) is 7.46. The number of methoxy groups -OCH3 is 1. The van der Waals surface area contributed by atoms with Crippen LogP contribution in [0.3, 0.4) is 0 Å². The SMILES string of the molecule is [CH2]C(Cc1cc(C(F)(F)F)cc(C(F)(F)F)c1)(c1ccccc1)N1CCN(c2ccccc2OC)CC1. The molecular weight excluding hydrogens is 494 g/mol. The number of anilines is 1. The summed E-state index contributed by atoms with van der Waals surface area (Å²) < 4.78 is 86.5. The highest BCUT2D eigenvalue weighted by Gasteiger charge is 2.40. The van der Waals surface area contributed by atoms with Crippen LogP contribution in [0, 0.1) is 6.92 Å². The van der Waals surface area contributed by atoms with E-state index >= 15 is 0 Å². The number of hydrogen-bond acceptors (Lipinski definition) is 3. The van der Waals surface area contributed by atoms with E-state index in [1.807, 2.05) is 29.2 Å². The van der Waals surface area contributed by atoms with Gasteiger partial charge in [-0.05, 0) is 54.8 Å². The molecule has 197 valence electrons. The van der Waals surface area contributed by atoms with Crippen molar-refractivity contribution in [2.45, 2.75) is 24.3 Å². The maximum absolute atomic E-state index is 13.5. The fourth-order valence-corrected chi connectivity index (χ4v) is 4.87. The molecular formula is C28H27F6N2O. The molecule has 9 heteroatoms. The summed E-state index contributed by atoms with van der Waals surface area (Å²) in [5, 5.41) is 0. The predicted molar refractivity (Wildman–Crippen MR) is 130 cm³/mol. The number of nitrogens with zero attached hydrogens (tertiary/aromatic N) is 2. The minimum absolute atomic E-state index is 0.0758. The highest BCUT2D eigenvalue weighted by atomic mass is 19.4. The van der Waals surface area contributed by atoms with Gasteiger partial charge in [-0.2, -0.15) is 26.3 Å². The predicted octanol–water partition coefficient (Wildman–Crippen LogP) is 6.83. The molecule has 3 aromatic rings. The van der Waals surface area contributed by atoms with Crippen LogP contribution in [0.15, 0.2) is 72.8 Å². The Morgan fingerprint density at radius 1 is 0.730 bits per heavy atom. The second-order valence-electron chi connectivity index (χ2n) is 9.13. The second-order valence-corrected chi connectivity index (χ2v) is 9.13. The molecule has 1 radical (unpaired) electrons. The van der Waals surface area contributed by atoms with Crippen molar-refractivity contribution in [1.29, 1.82) is 0 Å². The third kappa shape index (κ3) is 5.87. The van der Waals surface area contributed by atoms with Crippen molar-refractivity contribution >= 4 is 5.69 Å². The quantitative estimate of drug-likeness (QED) is 0.331. The zero-order valence-corrected chi connectivity index (χ0v) is 20.2. The Morgan fingerprint density at radius 2 is 1.27 bits per heavy atom. The summed E-state index contributed by atoms with van der Waals surface area (Å²) in [6.07, 6.45) is -9.95. The Morgan fingerprint density at radius 3 is 1.81 bits per heavy atom. The summed E-state index contributed by atoms with van der Waals surface area (Å²) in [6.45, 7) is 6.57. The number of benzene rings is 3. The first kappa shape index (κ1) is 26.9. The molecule has 0 bridgehead atoms. The average Bonchev–Trinajstić information content (AvgIpc) is 2.88. The van der Waals surface area contributed by atoms with Crippen LogP contribution >= 0.6 is 0 Å². The minimum atomic E-state index is -4.91. The number of para-hydroxylation sites is 2. The third-order valence-electron chi connectivity index (χ3n) is 6.77. The lowest BCUT2D eigenvalue weighted by atomic mass is 9.82. The Balaban J connectivity index is 1.68. The van der Waals surface area contributed by atoms with E-state index in [4.69, 9.17) is 4.74 Å². The Hall–Kier alpha value is -3.20.